The first-order valence-corrected chi connectivity index (χ1v) is 11.9. The van der Waals surface area contributed by atoms with Gasteiger partial charge in [0.05, 0.1) is 5.39 Å². The van der Waals surface area contributed by atoms with Crippen LogP contribution in [0.3, 0.4) is 0 Å². The van der Waals surface area contributed by atoms with Crippen LogP contribution < -0.4 is 16.6 Å². The Morgan fingerprint density at radius 2 is 1.76 bits per heavy atom. The minimum absolute atomic E-state index is 0.0636. The molecule has 0 aliphatic heterocycles. The fourth-order valence-electron chi connectivity index (χ4n) is 4.85. The number of hydrogen-bond donors (Lipinski definition) is 3. The Labute approximate surface area is 211 Å². The van der Waals surface area contributed by atoms with Crippen molar-refractivity contribution < 1.29 is 9.59 Å². The highest BCUT2D eigenvalue weighted by Gasteiger charge is 2.26. The number of rotatable bonds is 4. The fraction of sp³-hybridized carbons (Fsp3) is 0.107. The zero-order chi connectivity index (χ0) is 25.5. The minimum Gasteiger partial charge on any atom is -0.383 e. The molecule has 0 atom stereocenters. The minimum atomic E-state index is -0.576. The van der Waals surface area contributed by atoms with Gasteiger partial charge >= 0.3 is 0 Å². The molecule has 9 heteroatoms. The number of amides is 1. The lowest BCUT2D eigenvalue weighted by atomic mass is 9.92. The number of benzene rings is 2. The number of nitrogen functional groups attached to an aromatic ring is 1. The fourth-order valence-corrected chi connectivity index (χ4v) is 4.85. The molecule has 3 heterocycles. The molecule has 0 saturated heterocycles. The Kier molecular flexibility index (Phi) is 5.37. The quantitative estimate of drug-likeness (QED) is 0.347. The number of fused-ring (bicyclic) bond motifs is 2. The van der Waals surface area contributed by atoms with Gasteiger partial charge in [-0.25, -0.2) is 9.97 Å². The van der Waals surface area contributed by atoms with E-state index in [1.165, 1.54) is 17.0 Å². The number of aromatic nitrogens is 4. The number of para-hydroxylation sites is 1. The first-order valence-electron chi connectivity index (χ1n) is 11.9. The molecule has 0 unspecified atom stereocenters. The lowest BCUT2D eigenvalue weighted by Gasteiger charge is -2.21. The number of anilines is 2. The second kappa shape index (κ2) is 8.87. The molecule has 1 aliphatic rings. The van der Waals surface area contributed by atoms with Gasteiger partial charge < -0.3 is 16.0 Å². The molecule has 37 heavy (non-hydrogen) atoms. The summed E-state index contributed by atoms with van der Waals surface area (Å²) in [5.41, 5.74) is 10.0. The maximum Gasteiger partial charge on any atom is 0.268 e. The van der Waals surface area contributed by atoms with Crippen LogP contribution in [0.25, 0.3) is 27.8 Å². The van der Waals surface area contributed by atoms with Crippen molar-refractivity contribution in [1.29, 1.82) is 0 Å². The van der Waals surface area contributed by atoms with Crippen molar-refractivity contribution in [2.24, 2.45) is 0 Å². The number of carbonyl (C=O) groups excluding carboxylic acids is 2. The predicted octanol–water partition coefficient (Wildman–Crippen LogP) is 4.13. The van der Waals surface area contributed by atoms with Crippen LogP contribution >= 0.6 is 0 Å². The van der Waals surface area contributed by atoms with Gasteiger partial charge in [-0.1, -0.05) is 30.3 Å². The lowest BCUT2D eigenvalue weighted by Crippen LogP contribution is -2.33. The van der Waals surface area contributed by atoms with Crippen molar-refractivity contribution in [1.82, 2.24) is 19.5 Å². The van der Waals surface area contributed by atoms with E-state index in [0.29, 0.717) is 53.4 Å². The van der Waals surface area contributed by atoms with Crippen molar-refractivity contribution >= 4 is 34.2 Å². The number of carbonyl (C=O) groups is 2. The van der Waals surface area contributed by atoms with E-state index in [9.17, 15) is 14.4 Å². The molecule has 0 bridgehead atoms. The zero-order valence-electron chi connectivity index (χ0n) is 19.7. The topological polar surface area (TPSA) is 136 Å². The lowest BCUT2D eigenvalue weighted by molar-refractivity contribution is 0.0971. The Morgan fingerprint density at radius 3 is 2.54 bits per heavy atom. The highest BCUT2D eigenvalue weighted by atomic mass is 16.2. The third-order valence-electron chi connectivity index (χ3n) is 6.63. The zero-order valence-corrected chi connectivity index (χ0v) is 19.7. The van der Waals surface area contributed by atoms with Gasteiger partial charge in [0.25, 0.3) is 11.5 Å². The molecule has 9 nitrogen and oxygen atoms in total. The van der Waals surface area contributed by atoms with Crippen molar-refractivity contribution in [3.8, 4) is 16.8 Å². The summed E-state index contributed by atoms with van der Waals surface area (Å²) in [6.07, 6.45) is 4.87. The summed E-state index contributed by atoms with van der Waals surface area (Å²) in [6, 6.07) is 17.7. The summed E-state index contributed by atoms with van der Waals surface area (Å²) in [4.78, 5) is 50.8. The van der Waals surface area contributed by atoms with Crippen molar-refractivity contribution in [3.63, 3.8) is 0 Å². The average Bonchev–Trinajstić information content (AvgIpc) is 3.35. The smallest absolute Gasteiger partial charge is 0.268 e. The molecule has 182 valence electrons. The van der Waals surface area contributed by atoms with Crippen molar-refractivity contribution in [3.05, 3.63) is 100 Å². The van der Waals surface area contributed by atoms with Crippen LogP contribution in [-0.2, 0) is 6.42 Å². The number of nitrogens with two attached hydrogens (primary N) is 1. The van der Waals surface area contributed by atoms with Crippen molar-refractivity contribution in [2.75, 3.05) is 11.1 Å². The van der Waals surface area contributed by atoms with Crippen LogP contribution in [0.4, 0.5) is 11.5 Å². The standard InChI is InChI=1S/C28H22N6O3/c29-25-24-21(14-30-26(24)32-15-31-25)16-9-11-17(12-10-16)33-27(36)20-13-19-22(7-4-8-23(19)35)34(28(20)37)18-5-2-1-3-6-18/h1-3,5-6,9-15H,4,7-8H2,(H,33,36)(H3,29,30,31,32). The molecule has 0 radical (unpaired) electrons. The summed E-state index contributed by atoms with van der Waals surface area (Å²) in [7, 11) is 0. The molecule has 1 amide bonds. The molecule has 5 aromatic rings. The molecular weight excluding hydrogens is 468 g/mol. The van der Waals surface area contributed by atoms with Crippen LogP contribution in [0.5, 0.6) is 0 Å². The molecule has 0 saturated carbocycles. The third-order valence-corrected chi connectivity index (χ3v) is 6.63. The summed E-state index contributed by atoms with van der Waals surface area (Å²) in [6.45, 7) is 0. The highest BCUT2D eigenvalue weighted by molar-refractivity contribution is 6.07. The number of hydrogen-bond acceptors (Lipinski definition) is 6. The first-order chi connectivity index (χ1) is 18.0. The molecule has 2 aromatic carbocycles. The van der Waals surface area contributed by atoms with Crippen LogP contribution in [-0.4, -0.2) is 31.2 Å². The van der Waals surface area contributed by atoms with E-state index >= 15 is 0 Å². The number of ketones is 1. The van der Waals surface area contributed by atoms with Crippen molar-refractivity contribution in [2.45, 2.75) is 19.3 Å². The Hall–Kier alpha value is -5.05. The number of H-pyrrole nitrogens is 1. The van der Waals surface area contributed by atoms with Gasteiger partial charge in [-0.05, 0) is 48.7 Å². The SMILES string of the molecule is Nc1ncnc2[nH]cc(-c3ccc(NC(=O)c4cc5c(n(-c6ccccc6)c4=O)CCCC5=O)cc3)c12. The number of nitrogens with zero attached hydrogens (tertiary/aromatic N) is 3. The van der Waals surface area contributed by atoms with E-state index in [-0.39, 0.29) is 11.3 Å². The van der Waals surface area contributed by atoms with Crippen LogP contribution in [0.1, 0.15) is 39.3 Å². The number of aromatic amines is 1. The van der Waals surface area contributed by atoms with Gasteiger partial charge in [0.2, 0.25) is 0 Å². The molecule has 6 rings (SSSR count). The van der Waals surface area contributed by atoms with E-state index in [1.54, 1.807) is 30.5 Å². The van der Waals surface area contributed by atoms with E-state index in [4.69, 9.17) is 5.73 Å². The largest absolute Gasteiger partial charge is 0.383 e. The number of nitrogens with one attached hydrogen (secondary N) is 2. The second-order valence-corrected chi connectivity index (χ2v) is 8.89. The van der Waals surface area contributed by atoms with E-state index in [1.807, 2.05) is 30.3 Å². The average molecular weight is 491 g/mol. The van der Waals surface area contributed by atoms with Gasteiger partial charge in [-0.15, -0.1) is 0 Å². The normalized spacial score (nSPS) is 12.9. The molecule has 0 fully saturated rings. The summed E-state index contributed by atoms with van der Waals surface area (Å²) in [5, 5.41) is 3.52. The molecule has 1 aliphatic carbocycles. The van der Waals surface area contributed by atoms with E-state index in [2.05, 4.69) is 20.3 Å². The number of Topliss-reactive ketones (excluding diaryl/α,β-unsaturated/α-hetero) is 1. The molecule has 4 N–H and O–H groups in total. The van der Waals surface area contributed by atoms with E-state index < -0.39 is 11.5 Å². The van der Waals surface area contributed by atoms with Gasteiger partial charge in [0.1, 0.15) is 23.4 Å². The second-order valence-electron chi connectivity index (χ2n) is 8.89. The highest BCUT2D eigenvalue weighted by Crippen LogP contribution is 2.31. The Balaban J connectivity index is 1.35. The van der Waals surface area contributed by atoms with E-state index in [0.717, 1.165) is 16.5 Å². The first kappa shape index (κ1) is 22.4. The maximum atomic E-state index is 13.5. The Morgan fingerprint density at radius 1 is 0.973 bits per heavy atom. The van der Waals surface area contributed by atoms with Crippen LogP contribution in [0.2, 0.25) is 0 Å². The van der Waals surface area contributed by atoms with Crippen LogP contribution in [0.15, 0.2) is 78.0 Å². The van der Waals surface area contributed by atoms with Gasteiger partial charge in [-0.2, -0.15) is 0 Å². The Bertz CT molecular complexity index is 1740. The summed E-state index contributed by atoms with van der Waals surface area (Å²) < 4.78 is 1.49. The molecule has 3 aromatic heterocycles. The van der Waals surface area contributed by atoms with Gasteiger partial charge in [-0.3, -0.25) is 19.0 Å². The maximum absolute atomic E-state index is 13.5. The number of pyridine rings is 1. The van der Waals surface area contributed by atoms with Gasteiger partial charge in [0, 0.05) is 40.8 Å². The van der Waals surface area contributed by atoms with Gasteiger partial charge in [0.15, 0.2) is 5.78 Å². The molecule has 0 spiro atoms. The third kappa shape index (κ3) is 3.86. The molecular formula is C28H22N6O3. The predicted molar refractivity (Wildman–Crippen MR) is 141 cm³/mol. The summed E-state index contributed by atoms with van der Waals surface area (Å²) in [5.74, 6) is -0.269. The monoisotopic (exact) mass is 490 g/mol. The summed E-state index contributed by atoms with van der Waals surface area (Å²) >= 11 is 0. The van der Waals surface area contributed by atoms with Crippen LogP contribution in [0, 0.1) is 0 Å².